The average Bonchev–Trinajstić information content (AvgIpc) is 3.13. The molecule has 1 heterocycles. The van der Waals surface area contributed by atoms with Crippen LogP contribution in [0, 0.1) is 34.5 Å². The molecule has 5 fully saturated rings. The van der Waals surface area contributed by atoms with Gasteiger partial charge in [-0.25, -0.2) is 4.39 Å². The summed E-state index contributed by atoms with van der Waals surface area (Å²) in [6.07, 6.45) is 6.96. The lowest BCUT2D eigenvalue weighted by molar-refractivity contribution is -0.248. The Balaban J connectivity index is 1.48. The quantitative estimate of drug-likeness (QED) is 0.714. The number of halogens is 1. The molecule has 8 unspecified atom stereocenters. The van der Waals surface area contributed by atoms with Gasteiger partial charge in [0.2, 0.25) is 0 Å². The minimum Gasteiger partial charge on any atom is -0.393 e. The molecule has 0 amide bonds. The topological polar surface area (TPSA) is 38.7 Å². The van der Waals surface area contributed by atoms with Crippen molar-refractivity contribution in [3.63, 3.8) is 0 Å². The van der Waals surface area contributed by atoms with Gasteiger partial charge >= 0.3 is 0 Å². The molecule has 1 saturated heterocycles. The van der Waals surface area contributed by atoms with E-state index in [1.54, 1.807) is 0 Å². The minimum absolute atomic E-state index is 0.0778. The summed E-state index contributed by atoms with van der Waals surface area (Å²) in [4.78, 5) is 0. The second-order valence-electron chi connectivity index (χ2n) is 10.1. The van der Waals surface area contributed by atoms with E-state index in [4.69, 9.17) is 9.47 Å². The summed E-state index contributed by atoms with van der Waals surface area (Å²) in [6.45, 7) is 5.92. The van der Waals surface area contributed by atoms with Gasteiger partial charge < -0.3 is 14.6 Å². The molecule has 5 rings (SSSR count). The second kappa shape index (κ2) is 5.42. The Bertz CT molecular complexity index is 547. The Morgan fingerprint density at radius 2 is 1.76 bits per heavy atom. The Labute approximate surface area is 150 Å². The molecule has 1 N–H and O–H groups in total. The highest BCUT2D eigenvalue weighted by Crippen LogP contribution is 2.69. The fourth-order valence-corrected chi connectivity index (χ4v) is 8.12. The molecule has 0 aromatic carbocycles. The van der Waals surface area contributed by atoms with Gasteiger partial charge in [0.15, 0.2) is 5.79 Å². The van der Waals surface area contributed by atoms with Gasteiger partial charge in [-0.3, -0.25) is 0 Å². The number of hydrogen-bond acceptors (Lipinski definition) is 3. The van der Waals surface area contributed by atoms with E-state index in [0.717, 1.165) is 38.5 Å². The highest BCUT2D eigenvalue weighted by molar-refractivity contribution is 5.15. The summed E-state index contributed by atoms with van der Waals surface area (Å²) in [7, 11) is 0. The zero-order chi connectivity index (χ0) is 17.4. The third kappa shape index (κ3) is 2.08. The Morgan fingerprint density at radius 1 is 1.00 bits per heavy atom. The van der Waals surface area contributed by atoms with Gasteiger partial charge in [0, 0.05) is 17.8 Å². The monoisotopic (exact) mass is 352 g/mol. The van der Waals surface area contributed by atoms with Crippen LogP contribution >= 0.6 is 0 Å². The maximum absolute atomic E-state index is 15.4. The molecule has 0 aromatic heterocycles. The van der Waals surface area contributed by atoms with E-state index < -0.39 is 12.0 Å². The van der Waals surface area contributed by atoms with Crippen LogP contribution in [-0.4, -0.2) is 36.4 Å². The first-order valence-corrected chi connectivity index (χ1v) is 10.5. The first-order valence-electron chi connectivity index (χ1n) is 10.5. The number of hydrogen-bond donors (Lipinski definition) is 1. The Hall–Kier alpha value is -0.190. The molecule has 5 aliphatic rings. The maximum atomic E-state index is 15.4. The SMILES string of the molecule is CC12CCC(O)CC1CCC1C2CCC2(C)C1C(F)CC21OCCO1. The molecule has 25 heavy (non-hydrogen) atoms. The highest BCUT2D eigenvalue weighted by Gasteiger charge is 2.70. The summed E-state index contributed by atoms with van der Waals surface area (Å²) < 4.78 is 27.5. The molecular formula is C21H33FO3. The largest absolute Gasteiger partial charge is 0.393 e. The van der Waals surface area contributed by atoms with Crippen molar-refractivity contribution in [2.45, 2.75) is 83.3 Å². The van der Waals surface area contributed by atoms with Crippen LogP contribution in [0.3, 0.4) is 0 Å². The fraction of sp³-hybridized carbons (Fsp3) is 1.00. The van der Waals surface area contributed by atoms with E-state index in [2.05, 4.69) is 13.8 Å². The van der Waals surface area contributed by atoms with Crippen molar-refractivity contribution in [1.29, 1.82) is 0 Å². The summed E-state index contributed by atoms with van der Waals surface area (Å²) in [5.74, 6) is 1.09. The number of aliphatic hydroxyl groups is 1. The standard InChI is InChI=1S/C21H33FO3/c1-19-7-5-14(23)11-13(19)3-4-15-16(19)6-8-20(2)18(15)17(22)12-21(20)24-9-10-25-21/h13-18,23H,3-12H2,1-2H3. The number of aliphatic hydroxyl groups excluding tert-OH is 1. The van der Waals surface area contributed by atoms with Crippen LogP contribution in [0.4, 0.5) is 4.39 Å². The first-order chi connectivity index (χ1) is 11.9. The molecule has 3 nitrogen and oxygen atoms in total. The van der Waals surface area contributed by atoms with E-state index in [9.17, 15) is 5.11 Å². The lowest BCUT2D eigenvalue weighted by atomic mass is 9.45. The lowest BCUT2D eigenvalue weighted by Gasteiger charge is -2.61. The van der Waals surface area contributed by atoms with Crippen molar-refractivity contribution < 1.29 is 19.0 Å². The molecule has 4 saturated carbocycles. The van der Waals surface area contributed by atoms with E-state index >= 15 is 4.39 Å². The molecule has 8 atom stereocenters. The molecule has 142 valence electrons. The summed E-state index contributed by atoms with van der Waals surface area (Å²) in [5, 5.41) is 10.1. The third-order valence-electron chi connectivity index (χ3n) is 9.37. The van der Waals surface area contributed by atoms with E-state index in [-0.39, 0.29) is 22.9 Å². The van der Waals surface area contributed by atoms with Crippen LogP contribution in [0.5, 0.6) is 0 Å². The number of ether oxygens (including phenoxy) is 2. The van der Waals surface area contributed by atoms with E-state index in [1.807, 2.05) is 0 Å². The molecule has 1 aliphatic heterocycles. The summed E-state index contributed by atoms with van der Waals surface area (Å²) >= 11 is 0. The van der Waals surface area contributed by atoms with Gasteiger partial charge in [-0.15, -0.1) is 0 Å². The predicted molar refractivity (Wildman–Crippen MR) is 92.6 cm³/mol. The number of rotatable bonds is 0. The van der Waals surface area contributed by atoms with Crippen LogP contribution < -0.4 is 0 Å². The molecule has 1 spiro atoms. The maximum Gasteiger partial charge on any atom is 0.176 e. The van der Waals surface area contributed by atoms with Crippen molar-refractivity contribution in [2.24, 2.45) is 34.5 Å². The molecule has 0 aromatic rings. The zero-order valence-corrected chi connectivity index (χ0v) is 15.7. The van der Waals surface area contributed by atoms with Crippen LogP contribution in [-0.2, 0) is 9.47 Å². The van der Waals surface area contributed by atoms with Crippen LogP contribution in [0.15, 0.2) is 0 Å². The second-order valence-corrected chi connectivity index (χ2v) is 10.1. The van der Waals surface area contributed by atoms with E-state index in [0.29, 0.717) is 37.4 Å². The predicted octanol–water partition coefficient (Wildman–Crippen LogP) is 4.08. The van der Waals surface area contributed by atoms with Gasteiger partial charge in [-0.05, 0) is 68.1 Å². The van der Waals surface area contributed by atoms with Crippen molar-refractivity contribution in [3.8, 4) is 0 Å². The van der Waals surface area contributed by atoms with Crippen molar-refractivity contribution in [1.82, 2.24) is 0 Å². The first kappa shape index (κ1) is 16.9. The molecule has 0 bridgehead atoms. The van der Waals surface area contributed by atoms with Crippen molar-refractivity contribution in [2.75, 3.05) is 13.2 Å². The van der Waals surface area contributed by atoms with Gasteiger partial charge in [0.05, 0.1) is 19.3 Å². The zero-order valence-electron chi connectivity index (χ0n) is 15.7. The molecular weight excluding hydrogens is 319 g/mol. The average molecular weight is 352 g/mol. The van der Waals surface area contributed by atoms with Crippen LogP contribution in [0.2, 0.25) is 0 Å². The summed E-state index contributed by atoms with van der Waals surface area (Å²) in [6, 6.07) is 0. The number of fused-ring (bicyclic) bond motifs is 6. The number of alkyl halides is 1. The Kier molecular flexibility index (Phi) is 3.67. The lowest BCUT2D eigenvalue weighted by Crippen LogP contribution is -2.57. The Morgan fingerprint density at radius 3 is 2.52 bits per heavy atom. The van der Waals surface area contributed by atoms with Crippen LogP contribution in [0.1, 0.15) is 65.2 Å². The van der Waals surface area contributed by atoms with Crippen LogP contribution in [0.25, 0.3) is 0 Å². The van der Waals surface area contributed by atoms with Crippen molar-refractivity contribution >= 4 is 0 Å². The van der Waals surface area contributed by atoms with Gasteiger partial charge in [0.25, 0.3) is 0 Å². The van der Waals surface area contributed by atoms with Gasteiger partial charge in [-0.1, -0.05) is 13.8 Å². The normalized spacial score (nSPS) is 57.1. The van der Waals surface area contributed by atoms with Gasteiger partial charge in [-0.2, -0.15) is 0 Å². The fourth-order valence-electron chi connectivity index (χ4n) is 8.12. The molecule has 4 aliphatic carbocycles. The minimum atomic E-state index is -0.801. The third-order valence-corrected chi connectivity index (χ3v) is 9.37. The highest BCUT2D eigenvalue weighted by atomic mass is 19.1. The summed E-state index contributed by atoms with van der Waals surface area (Å²) in [5.41, 5.74) is 0.109. The van der Waals surface area contributed by atoms with E-state index in [1.165, 1.54) is 6.42 Å². The van der Waals surface area contributed by atoms with Gasteiger partial charge in [0.1, 0.15) is 6.17 Å². The molecule has 4 heteroatoms. The smallest absolute Gasteiger partial charge is 0.176 e. The van der Waals surface area contributed by atoms with Crippen molar-refractivity contribution in [3.05, 3.63) is 0 Å². The molecule has 0 radical (unpaired) electrons.